The molecule has 3 heterocycles. The number of carbonyl (C=O) groups is 3. The molecule has 2 amide bonds. The van der Waals surface area contributed by atoms with E-state index in [-0.39, 0.29) is 41.6 Å². The van der Waals surface area contributed by atoms with Crippen LogP contribution in [0.2, 0.25) is 0 Å². The maximum absolute atomic E-state index is 12.8. The Balaban J connectivity index is 1.26. The summed E-state index contributed by atoms with van der Waals surface area (Å²) in [6.07, 6.45) is 13.7. The van der Waals surface area contributed by atoms with Gasteiger partial charge in [0.25, 0.3) is 0 Å². The first-order valence-corrected chi connectivity index (χ1v) is 29.5. The molecule has 70 heavy (non-hydrogen) atoms. The van der Waals surface area contributed by atoms with E-state index in [0.717, 1.165) is 54.2 Å². The van der Waals surface area contributed by atoms with Crippen LogP contribution < -0.4 is 16.4 Å². The van der Waals surface area contributed by atoms with Gasteiger partial charge >= 0.3 is 23.5 Å². The third-order valence-electron chi connectivity index (χ3n) is 11.6. The first kappa shape index (κ1) is 61.9. The predicted molar refractivity (Wildman–Crippen MR) is 260 cm³/mol. The number of nitrogens with zero attached hydrogens (tertiary/aromatic N) is 4. The van der Waals surface area contributed by atoms with E-state index in [2.05, 4.69) is 48.3 Å². The van der Waals surface area contributed by atoms with Crippen molar-refractivity contribution in [2.24, 2.45) is 11.3 Å². The predicted octanol–water partition coefficient (Wildman–Crippen LogP) is 5.95. The highest BCUT2D eigenvalue weighted by Crippen LogP contribution is 2.61. The minimum Gasteiger partial charge on any atom is -0.386 e. The quantitative estimate of drug-likeness (QED) is 0.0279. The molecule has 0 saturated carbocycles. The van der Waals surface area contributed by atoms with Crippen molar-refractivity contribution >= 4 is 69.1 Å². The van der Waals surface area contributed by atoms with Crippen LogP contribution in [-0.4, -0.2) is 123 Å². The summed E-state index contributed by atoms with van der Waals surface area (Å²) in [5.41, 5.74) is 4.29. The molecular formula is C42H76N7O17P3S. The molecule has 2 aromatic rings. The summed E-state index contributed by atoms with van der Waals surface area (Å²) in [6.45, 7) is 5.22. The van der Waals surface area contributed by atoms with E-state index >= 15 is 0 Å². The summed E-state index contributed by atoms with van der Waals surface area (Å²) in [6, 6.07) is 0. The number of nitrogen functional groups attached to an aromatic ring is 1. The monoisotopic (exact) mass is 1080 g/mol. The van der Waals surface area contributed by atoms with Gasteiger partial charge in [-0.2, -0.15) is 4.31 Å². The van der Waals surface area contributed by atoms with Crippen LogP contribution in [0.5, 0.6) is 0 Å². The number of aliphatic hydroxyl groups is 2. The van der Waals surface area contributed by atoms with Crippen molar-refractivity contribution in [2.75, 3.05) is 37.8 Å². The molecule has 0 spiro atoms. The zero-order valence-electron chi connectivity index (χ0n) is 40.7. The molecule has 28 heteroatoms. The molecule has 1 aliphatic heterocycles. The minimum absolute atomic E-state index is 0.0341. The number of amides is 2. The van der Waals surface area contributed by atoms with E-state index in [9.17, 15) is 57.9 Å². The summed E-state index contributed by atoms with van der Waals surface area (Å²) in [5, 5.41) is 26.7. The number of hydrogen-bond acceptors (Lipinski definition) is 18. The van der Waals surface area contributed by atoms with Crippen LogP contribution in [0.3, 0.4) is 0 Å². The number of rotatable bonds is 37. The van der Waals surface area contributed by atoms with Gasteiger partial charge in [-0.3, -0.25) is 32.5 Å². The number of phosphoric acid groups is 3. The first-order chi connectivity index (χ1) is 32.9. The number of unbranched alkanes of at least 4 members (excludes halogenated alkanes) is 12. The number of aliphatic hydroxyl groups excluding tert-OH is 2. The number of nitrogens with one attached hydrogen (secondary N) is 2. The lowest BCUT2D eigenvalue weighted by molar-refractivity contribution is -0.137. The van der Waals surface area contributed by atoms with Gasteiger partial charge in [0.2, 0.25) is 11.8 Å². The van der Waals surface area contributed by atoms with Crippen molar-refractivity contribution in [1.82, 2.24) is 30.2 Å². The normalized spacial score (nSPS) is 20.2. The van der Waals surface area contributed by atoms with Crippen LogP contribution in [0.4, 0.5) is 5.82 Å². The van der Waals surface area contributed by atoms with Gasteiger partial charge in [0.05, 0.1) is 19.5 Å². The Morgan fingerprint density at radius 3 is 2.09 bits per heavy atom. The summed E-state index contributed by atoms with van der Waals surface area (Å²) >= 11 is 1.16. The van der Waals surface area contributed by atoms with Gasteiger partial charge in [-0.15, -0.1) is 0 Å². The largest absolute Gasteiger partial charge is 0.481 e. The number of thioether (sulfide) groups is 1. The van der Waals surface area contributed by atoms with Crippen LogP contribution in [0.1, 0.15) is 149 Å². The maximum atomic E-state index is 12.8. The van der Waals surface area contributed by atoms with Crippen LogP contribution in [0.15, 0.2) is 12.7 Å². The highest BCUT2D eigenvalue weighted by Gasteiger charge is 2.50. The standard InChI is InChI=1S/C42H76N7O17P3S/c1-5-6-19-30(2)20-17-15-13-11-9-7-8-10-12-14-16-18-21-33(51)70-25-24-44-32(50)22-23-45-40(54)37(53)42(3,4)27-63-69(60,61)66-68(58,59)62-26-31-36(65-67(55,56)57)35(52)41(64-31)49-29-48-34-38(43)46-28-47-39(34)49/h28-31,35-37,41,52-53H,5-27H2,1-4H3,(H,44,50)(H,45,54)(H,58,59)(H,60,61)(H2,43,46,47)(H2,55,56,57). The number of ether oxygens (including phenoxy) is 1. The highest BCUT2D eigenvalue weighted by molar-refractivity contribution is 8.13. The summed E-state index contributed by atoms with van der Waals surface area (Å²) in [5.74, 6) is -0.151. The zero-order chi connectivity index (χ0) is 52.0. The van der Waals surface area contributed by atoms with E-state index in [1.807, 2.05) is 0 Å². The van der Waals surface area contributed by atoms with Gasteiger partial charge in [0.15, 0.2) is 22.8 Å². The average Bonchev–Trinajstić information content (AvgIpc) is 3.85. The Morgan fingerprint density at radius 1 is 0.857 bits per heavy atom. The number of anilines is 1. The smallest absolute Gasteiger partial charge is 0.386 e. The lowest BCUT2D eigenvalue weighted by Crippen LogP contribution is -2.46. The molecule has 1 saturated heterocycles. The van der Waals surface area contributed by atoms with Gasteiger partial charge in [0, 0.05) is 37.1 Å². The fourth-order valence-corrected chi connectivity index (χ4v) is 11.1. The highest BCUT2D eigenvalue weighted by atomic mass is 32.2. The number of imidazole rings is 1. The van der Waals surface area contributed by atoms with Crippen LogP contribution in [0, 0.1) is 11.3 Å². The van der Waals surface area contributed by atoms with Gasteiger partial charge in [0.1, 0.15) is 36.3 Å². The molecule has 8 atom stereocenters. The second kappa shape index (κ2) is 30.7. The lowest BCUT2D eigenvalue weighted by Gasteiger charge is -2.30. The van der Waals surface area contributed by atoms with E-state index in [1.165, 1.54) is 97.3 Å². The number of carbonyl (C=O) groups excluding carboxylic acids is 3. The number of hydrogen-bond donors (Lipinski definition) is 9. The first-order valence-electron chi connectivity index (χ1n) is 24.0. The van der Waals surface area contributed by atoms with E-state index in [0.29, 0.717) is 12.2 Å². The Labute approximate surface area is 414 Å². The summed E-state index contributed by atoms with van der Waals surface area (Å²) < 4.78 is 62.5. The summed E-state index contributed by atoms with van der Waals surface area (Å²) in [7, 11) is -16.4. The van der Waals surface area contributed by atoms with Crippen LogP contribution >= 0.6 is 35.2 Å². The molecule has 0 bridgehead atoms. The van der Waals surface area contributed by atoms with Crippen molar-refractivity contribution in [3.8, 4) is 0 Å². The Kier molecular flexibility index (Phi) is 27.1. The maximum Gasteiger partial charge on any atom is 0.481 e. The number of aromatic nitrogens is 4. The summed E-state index contributed by atoms with van der Waals surface area (Å²) in [4.78, 5) is 88.5. The van der Waals surface area contributed by atoms with Gasteiger partial charge in [-0.05, 0) is 12.3 Å². The molecule has 24 nitrogen and oxygen atoms in total. The SMILES string of the molecule is CCCCC(C)CCCCCCCCCCCCCCC(=O)SCCNC(=O)CCNC(=O)C(O)C(C)(C)COP(=O)(O)OP(=O)(O)OCC1OC(n2cnc3c(N)ncnc32)C(O)C1OP(=O)(O)O. The number of fused-ring (bicyclic) bond motifs is 1. The topological polar surface area (TPSA) is 364 Å². The van der Waals surface area contributed by atoms with E-state index < -0.39 is 84.6 Å². The Morgan fingerprint density at radius 2 is 1.46 bits per heavy atom. The fourth-order valence-electron chi connectivity index (χ4n) is 7.59. The van der Waals surface area contributed by atoms with E-state index in [1.54, 1.807) is 0 Å². The van der Waals surface area contributed by atoms with Crippen LogP contribution in [0.25, 0.3) is 11.2 Å². The third kappa shape index (κ3) is 23.2. The molecule has 1 aliphatic rings. The molecule has 2 aromatic heterocycles. The lowest BCUT2D eigenvalue weighted by atomic mass is 9.87. The van der Waals surface area contributed by atoms with E-state index in [4.69, 9.17) is 19.5 Å². The Bertz CT molecular complexity index is 2070. The second-order valence-corrected chi connectivity index (χ2v) is 23.7. The van der Waals surface area contributed by atoms with Gasteiger partial charge in [-0.25, -0.2) is 28.6 Å². The third-order valence-corrected chi connectivity index (χ3v) is 15.7. The molecular weight excluding hydrogens is 999 g/mol. The van der Waals surface area contributed by atoms with Gasteiger partial charge < -0.3 is 50.9 Å². The minimum atomic E-state index is -5.58. The van der Waals surface area contributed by atoms with Crippen molar-refractivity contribution in [2.45, 2.75) is 174 Å². The molecule has 10 N–H and O–H groups in total. The zero-order valence-corrected chi connectivity index (χ0v) is 44.2. The molecule has 8 unspecified atom stereocenters. The molecule has 402 valence electrons. The number of nitrogens with two attached hydrogens (primary N) is 1. The molecule has 0 radical (unpaired) electrons. The fraction of sp³-hybridized carbons (Fsp3) is 0.810. The van der Waals surface area contributed by atoms with Crippen molar-refractivity contribution in [3.05, 3.63) is 12.7 Å². The van der Waals surface area contributed by atoms with Crippen molar-refractivity contribution < 1.29 is 80.5 Å². The Hall–Kier alpha value is -2.44. The van der Waals surface area contributed by atoms with Crippen molar-refractivity contribution in [3.63, 3.8) is 0 Å². The van der Waals surface area contributed by atoms with Crippen LogP contribution in [-0.2, 0) is 50.7 Å². The molecule has 3 rings (SSSR count). The second-order valence-electron chi connectivity index (χ2n) is 18.3. The molecule has 0 aromatic carbocycles. The van der Waals surface area contributed by atoms with Crippen molar-refractivity contribution in [1.29, 1.82) is 0 Å². The average molecular weight is 1080 g/mol. The molecule has 1 fully saturated rings. The van der Waals surface area contributed by atoms with Gasteiger partial charge in [-0.1, -0.05) is 136 Å². The number of phosphoric ester groups is 3. The molecule has 0 aliphatic carbocycles.